The Morgan fingerprint density at radius 2 is 2.10 bits per heavy atom. The predicted octanol–water partition coefficient (Wildman–Crippen LogP) is 2.97. The molecule has 0 atom stereocenters. The van der Waals surface area contributed by atoms with Gasteiger partial charge in [0, 0.05) is 11.9 Å². The van der Waals surface area contributed by atoms with Crippen LogP contribution in [0.5, 0.6) is 0 Å². The van der Waals surface area contributed by atoms with Crippen LogP contribution in [0.3, 0.4) is 0 Å². The van der Waals surface area contributed by atoms with E-state index in [0.717, 1.165) is 0 Å². The van der Waals surface area contributed by atoms with Crippen molar-refractivity contribution in [2.45, 2.75) is 6.92 Å². The standard InChI is InChI=1S/C13H11BrF2N4O/c1-6-4-9(15)8(14)5-10(6)19-13(21)7-2-3-18-12(20-17)11(7)16/h2-5H,17H2,1H3,(H,18,20)(H,19,21). The summed E-state index contributed by atoms with van der Waals surface area (Å²) in [7, 11) is 0. The van der Waals surface area contributed by atoms with Crippen LogP contribution in [0.25, 0.3) is 0 Å². The van der Waals surface area contributed by atoms with Crippen molar-refractivity contribution in [2.75, 3.05) is 10.7 Å². The highest BCUT2D eigenvalue weighted by atomic mass is 79.9. The van der Waals surface area contributed by atoms with E-state index in [0.29, 0.717) is 11.3 Å². The van der Waals surface area contributed by atoms with E-state index >= 15 is 0 Å². The van der Waals surface area contributed by atoms with Gasteiger partial charge in [0.25, 0.3) is 5.91 Å². The van der Waals surface area contributed by atoms with Crippen molar-refractivity contribution in [2.24, 2.45) is 5.84 Å². The first kappa shape index (κ1) is 15.3. The molecule has 2 aromatic rings. The number of hydrazine groups is 1. The van der Waals surface area contributed by atoms with Crippen molar-refractivity contribution in [3.63, 3.8) is 0 Å². The number of carbonyl (C=O) groups excluding carboxylic acids is 1. The Labute approximate surface area is 127 Å². The van der Waals surface area contributed by atoms with Crippen LogP contribution >= 0.6 is 15.9 Å². The first-order valence-electron chi connectivity index (χ1n) is 5.82. The first-order chi connectivity index (χ1) is 9.93. The molecule has 110 valence electrons. The fourth-order valence-corrected chi connectivity index (χ4v) is 2.03. The Morgan fingerprint density at radius 1 is 1.38 bits per heavy atom. The first-order valence-corrected chi connectivity index (χ1v) is 6.61. The minimum Gasteiger partial charge on any atom is -0.322 e. The van der Waals surface area contributed by atoms with Crippen LogP contribution in [0.4, 0.5) is 20.3 Å². The van der Waals surface area contributed by atoms with E-state index in [1.807, 2.05) is 0 Å². The van der Waals surface area contributed by atoms with E-state index in [1.165, 1.54) is 24.4 Å². The van der Waals surface area contributed by atoms with Crippen molar-refractivity contribution in [1.29, 1.82) is 0 Å². The summed E-state index contributed by atoms with van der Waals surface area (Å²) in [6.45, 7) is 1.63. The number of nitrogens with one attached hydrogen (secondary N) is 2. The number of rotatable bonds is 3. The molecule has 0 aliphatic heterocycles. The molecule has 4 N–H and O–H groups in total. The molecule has 0 radical (unpaired) electrons. The van der Waals surface area contributed by atoms with Gasteiger partial charge in [-0.2, -0.15) is 0 Å². The van der Waals surface area contributed by atoms with Gasteiger partial charge in [-0.15, -0.1) is 0 Å². The van der Waals surface area contributed by atoms with E-state index in [9.17, 15) is 13.6 Å². The van der Waals surface area contributed by atoms with Crippen molar-refractivity contribution in [3.8, 4) is 0 Å². The van der Waals surface area contributed by atoms with E-state index in [4.69, 9.17) is 5.84 Å². The fourth-order valence-electron chi connectivity index (χ4n) is 1.69. The highest BCUT2D eigenvalue weighted by molar-refractivity contribution is 9.10. The molecule has 1 heterocycles. The molecule has 0 fully saturated rings. The van der Waals surface area contributed by atoms with Crippen LogP contribution in [0, 0.1) is 18.6 Å². The number of carbonyl (C=O) groups is 1. The van der Waals surface area contributed by atoms with Gasteiger partial charge in [0.2, 0.25) is 0 Å². The van der Waals surface area contributed by atoms with E-state index in [1.54, 1.807) is 6.92 Å². The number of pyridine rings is 1. The number of aryl methyl sites for hydroxylation is 1. The second-order valence-electron chi connectivity index (χ2n) is 4.20. The average Bonchev–Trinajstić information content (AvgIpc) is 2.44. The lowest BCUT2D eigenvalue weighted by Crippen LogP contribution is -2.18. The van der Waals surface area contributed by atoms with E-state index in [2.05, 4.69) is 31.7 Å². The largest absolute Gasteiger partial charge is 0.322 e. The van der Waals surface area contributed by atoms with Gasteiger partial charge < -0.3 is 10.7 Å². The molecule has 0 unspecified atom stereocenters. The molecule has 0 saturated heterocycles. The number of aromatic nitrogens is 1. The molecule has 0 bridgehead atoms. The molecular weight excluding hydrogens is 346 g/mol. The van der Waals surface area contributed by atoms with E-state index < -0.39 is 17.5 Å². The number of nitrogens with two attached hydrogens (primary N) is 1. The quantitative estimate of drug-likeness (QED) is 0.583. The topological polar surface area (TPSA) is 80.0 Å². The van der Waals surface area contributed by atoms with Gasteiger partial charge >= 0.3 is 0 Å². The number of halogens is 3. The van der Waals surface area contributed by atoms with Crippen LogP contribution in [0.2, 0.25) is 0 Å². The van der Waals surface area contributed by atoms with Gasteiger partial charge in [-0.25, -0.2) is 19.6 Å². The summed E-state index contributed by atoms with van der Waals surface area (Å²) in [4.78, 5) is 15.7. The lowest BCUT2D eigenvalue weighted by Gasteiger charge is -2.11. The number of nitrogen functional groups attached to an aromatic ring is 1. The van der Waals surface area contributed by atoms with Gasteiger partial charge in [0.15, 0.2) is 11.6 Å². The third-order valence-corrected chi connectivity index (χ3v) is 3.39. The maximum atomic E-state index is 13.9. The number of nitrogens with zero attached hydrogens (tertiary/aromatic N) is 1. The van der Waals surface area contributed by atoms with Crippen LogP contribution in [-0.4, -0.2) is 10.9 Å². The highest BCUT2D eigenvalue weighted by Gasteiger charge is 2.17. The van der Waals surface area contributed by atoms with Crippen LogP contribution < -0.4 is 16.6 Å². The van der Waals surface area contributed by atoms with Gasteiger partial charge in [-0.3, -0.25) is 4.79 Å². The average molecular weight is 357 g/mol. The monoisotopic (exact) mass is 356 g/mol. The van der Waals surface area contributed by atoms with Crippen molar-refractivity contribution >= 4 is 33.3 Å². The van der Waals surface area contributed by atoms with E-state index in [-0.39, 0.29) is 15.9 Å². The third-order valence-electron chi connectivity index (χ3n) is 2.79. The number of hydrogen-bond acceptors (Lipinski definition) is 4. The smallest absolute Gasteiger partial charge is 0.258 e. The zero-order chi connectivity index (χ0) is 15.6. The van der Waals surface area contributed by atoms with Gasteiger partial charge in [0.05, 0.1) is 10.0 Å². The van der Waals surface area contributed by atoms with Crippen molar-refractivity contribution in [3.05, 3.63) is 51.6 Å². The number of hydrogen-bond donors (Lipinski definition) is 3. The molecule has 5 nitrogen and oxygen atoms in total. The Balaban J connectivity index is 2.33. The Morgan fingerprint density at radius 3 is 2.76 bits per heavy atom. The SMILES string of the molecule is Cc1cc(F)c(Br)cc1NC(=O)c1ccnc(NN)c1F. The van der Waals surface area contributed by atoms with Crippen LogP contribution in [-0.2, 0) is 0 Å². The maximum absolute atomic E-state index is 13.9. The van der Waals surface area contributed by atoms with Crippen LogP contribution in [0.1, 0.15) is 15.9 Å². The molecule has 1 aromatic carbocycles. The van der Waals surface area contributed by atoms with Gasteiger partial charge in [-0.1, -0.05) is 0 Å². The second kappa shape index (κ2) is 6.15. The molecule has 1 amide bonds. The lowest BCUT2D eigenvalue weighted by molar-refractivity contribution is 0.102. The summed E-state index contributed by atoms with van der Waals surface area (Å²) in [5, 5.41) is 2.51. The second-order valence-corrected chi connectivity index (χ2v) is 5.06. The summed E-state index contributed by atoms with van der Waals surface area (Å²) in [6.07, 6.45) is 1.25. The fraction of sp³-hybridized carbons (Fsp3) is 0.0769. The molecule has 0 saturated carbocycles. The lowest BCUT2D eigenvalue weighted by atomic mass is 10.1. The third kappa shape index (κ3) is 3.17. The number of amides is 1. The summed E-state index contributed by atoms with van der Waals surface area (Å²) in [5.41, 5.74) is 2.71. The van der Waals surface area contributed by atoms with Crippen LogP contribution in [0.15, 0.2) is 28.9 Å². The molecule has 0 aliphatic carbocycles. The maximum Gasteiger partial charge on any atom is 0.258 e. The molecule has 0 aliphatic rings. The zero-order valence-corrected chi connectivity index (χ0v) is 12.5. The summed E-state index contributed by atoms with van der Waals surface area (Å²) in [5.74, 6) is 2.86. The number of benzene rings is 1. The molecule has 21 heavy (non-hydrogen) atoms. The molecule has 2 rings (SSSR count). The molecule has 0 spiro atoms. The summed E-state index contributed by atoms with van der Waals surface area (Å²) in [6, 6.07) is 3.89. The minimum absolute atomic E-state index is 0.197. The Bertz CT molecular complexity index is 709. The van der Waals surface area contributed by atoms with Crippen molar-refractivity contribution in [1.82, 2.24) is 4.98 Å². The highest BCUT2D eigenvalue weighted by Crippen LogP contribution is 2.25. The zero-order valence-electron chi connectivity index (χ0n) is 10.9. The molecule has 1 aromatic heterocycles. The van der Waals surface area contributed by atoms with Gasteiger partial charge in [-0.05, 0) is 46.6 Å². The molecule has 8 heteroatoms. The van der Waals surface area contributed by atoms with Crippen molar-refractivity contribution < 1.29 is 13.6 Å². The summed E-state index contributed by atoms with van der Waals surface area (Å²) >= 11 is 3.03. The molecular formula is C13H11BrF2N4O. The predicted molar refractivity (Wildman–Crippen MR) is 78.8 cm³/mol. The normalized spacial score (nSPS) is 10.3. The number of anilines is 2. The summed E-state index contributed by atoms with van der Waals surface area (Å²) < 4.78 is 27.5. The van der Waals surface area contributed by atoms with Gasteiger partial charge in [0.1, 0.15) is 5.82 Å². The minimum atomic E-state index is -0.865. The Kier molecular flexibility index (Phi) is 4.49. The Hall–Kier alpha value is -2.06.